The summed E-state index contributed by atoms with van der Waals surface area (Å²) in [5.41, 5.74) is 1.23. The first-order valence-electron chi connectivity index (χ1n) is 5.46. The SMILES string of the molecule is O=C(O)c1ccc(Br)cc1N1CCCCC1. The lowest BCUT2D eigenvalue weighted by molar-refractivity contribution is 0.0697. The number of nitrogens with zero attached hydrogens (tertiary/aromatic N) is 1. The number of aromatic carboxylic acids is 1. The molecule has 0 aliphatic carbocycles. The number of rotatable bonds is 2. The van der Waals surface area contributed by atoms with E-state index in [1.165, 1.54) is 6.42 Å². The molecule has 0 spiro atoms. The van der Waals surface area contributed by atoms with Gasteiger partial charge in [0.2, 0.25) is 0 Å². The molecule has 1 fully saturated rings. The van der Waals surface area contributed by atoms with Gasteiger partial charge in [0.1, 0.15) is 0 Å². The lowest BCUT2D eigenvalue weighted by Crippen LogP contribution is -2.30. The zero-order valence-corrected chi connectivity index (χ0v) is 10.5. The molecule has 1 heterocycles. The van der Waals surface area contributed by atoms with Crippen LogP contribution < -0.4 is 4.90 Å². The standard InChI is InChI=1S/C12H14BrNO2/c13-9-4-5-10(12(15)16)11(8-9)14-6-2-1-3-7-14/h4-5,8H,1-3,6-7H2,(H,15,16). The van der Waals surface area contributed by atoms with Crippen LogP contribution in [0, 0.1) is 0 Å². The second-order valence-corrected chi connectivity index (χ2v) is 4.93. The fourth-order valence-electron chi connectivity index (χ4n) is 2.08. The van der Waals surface area contributed by atoms with Gasteiger partial charge in [-0.3, -0.25) is 0 Å². The van der Waals surface area contributed by atoms with Gasteiger partial charge < -0.3 is 10.0 Å². The summed E-state index contributed by atoms with van der Waals surface area (Å²) in [4.78, 5) is 13.3. The molecule has 1 aliphatic heterocycles. The molecule has 0 bridgehead atoms. The van der Waals surface area contributed by atoms with E-state index < -0.39 is 5.97 Å². The fraction of sp³-hybridized carbons (Fsp3) is 0.417. The molecule has 86 valence electrons. The number of hydrogen-bond acceptors (Lipinski definition) is 2. The molecule has 0 unspecified atom stereocenters. The molecule has 0 radical (unpaired) electrons. The van der Waals surface area contributed by atoms with Gasteiger partial charge in [-0.15, -0.1) is 0 Å². The van der Waals surface area contributed by atoms with Crippen LogP contribution in [0.2, 0.25) is 0 Å². The molecule has 1 aromatic carbocycles. The van der Waals surface area contributed by atoms with Crippen molar-refractivity contribution in [1.29, 1.82) is 0 Å². The highest BCUT2D eigenvalue weighted by Crippen LogP contribution is 2.27. The van der Waals surface area contributed by atoms with Crippen molar-refractivity contribution in [3.8, 4) is 0 Å². The zero-order chi connectivity index (χ0) is 11.5. The summed E-state index contributed by atoms with van der Waals surface area (Å²) in [7, 11) is 0. The number of carbonyl (C=O) groups is 1. The van der Waals surface area contributed by atoms with Crippen molar-refractivity contribution < 1.29 is 9.90 Å². The Bertz CT molecular complexity index is 400. The second-order valence-electron chi connectivity index (χ2n) is 4.01. The lowest BCUT2D eigenvalue weighted by atomic mass is 10.1. The van der Waals surface area contributed by atoms with E-state index in [1.54, 1.807) is 12.1 Å². The van der Waals surface area contributed by atoms with Crippen LogP contribution >= 0.6 is 15.9 Å². The van der Waals surface area contributed by atoms with Crippen molar-refractivity contribution in [2.75, 3.05) is 18.0 Å². The predicted octanol–water partition coefficient (Wildman–Crippen LogP) is 3.14. The van der Waals surface area contributed by atoms with Crippen LogP contribution in [0.25, 0.3) is 0 Å². The zero-order valence-electron chi connectivity index (χ0n) is 8.95. The molecule has 4 heteroatoms. The Balaban J connectivity index is 2.36. The quantitative estimate of drug-likeness (QED) is 0.907. The molecule has 1 aliphatic rings. The third kappa shape index (κ3) is 2.38. The predicted molar refractivity (Wildman–Crippen MR) is 67.2 cm³/mol. The summed E-state index contributed by atoms with van der Waals surface area (Å²) in [5.74, 6) is -0.854. The maximum Gasteiger partial charge on any atom is 0.337 e. The summed E-state index contributed by atoms with van der Waals surface area (Å²) in [5, 5.41) is 9.15. The molecular weight excluding hydrogens is 270 g/mol. The molecule has 1 N–H and O–H groups in total. The Morgan fingerprint density at radius 3 is 2.56 bits per heavy atom. The average molecular weight is 284 g/mol. The van der Waals surface area contributed by atoms with Gasteiger partial charge in [-0.1, -0.05) is 15.9 Å². The van der Waals surface area contributed by atoms with Crippen LogP contribution in [0.3, 0.4) is 0 Å². The second kappa shape index (κ2) is 4.87. The van der Waals surface area contributed by atoms with E-state index in [9.17, 15) is 4.79 Å². The van der Waals surface area contributed by atoms with Gasteiger partial charge in [-0.2, -0.15) is 0 Å². The van der Waals surface area contributed by atoms with Gasteiger partial charge in [-0.25, -0.2) is 4.79 Å². The Hall–Kier alpha value is -1.03. The lowest BCUT2D eigenvalue weighted by Gasteiger charge is -2.30. The third-order valence-corrected chi connectivity index (χ3v) is 3.38. The Labute approximate surface area is 103 Å². The molecule has 1 aromatic rings. The topological polar surface area (TPSA) is 40.5 Å². The van der Waals surface area contributed by atoms with Crippen molar-refractivity contribution in [2.45, 2.75) is 19.3 Å². The van der Waals surface area contributed by atoms with E-state index in [2.05, 4.69) is 20.8 Å². The van der Waals surface area contributed by atoms with E-state index in [0.717, 1.165) is 36.1 Å². The van der Waals surface area contributed by atoms with Crippen LogP contribution in [-0.4, -0.2) is 24.2 Å². The first kappa shape index (κ1) is 11.5. The van der Waals surface area contributed by atoms with Gasteiger partial charge in [0.25, 0.3) is 0 Å². The number of carboxylic acid groups (broad SMARTS) is 1. The normalized spacial score (nSPS) is 16.2. The summed E-state index contributed by atoms with van der Waals surface area (Å²) >= 11 is 3.39. The van der Waals surface area contributed by atoms with Crippen LogP contribution in [0.5, 0.6) is 0 Å². The van der Waals surface area contributed by atoms with Crippen molar-refractivity contribution in [3.63, 3.8) is 0 Å². The number of halogens is 1. The Morgan fingerprint density at radius 1 is 1.25 bits per heavy atom. The first-order chi connectivity index (χ1) is 7.68. The summed E-state index contributed by atoms with van der Waals surface area (Å²) in [6, 6.07) is 5.34. The number of hydrogen-bond donors (Lipinski definition) is 1. The highest BCUT2D eigenvalue weighted by molar-refractivity contribution is 9.10. The van der Waals surface area contributed by atoms with Gasteiger partial charge in [0, 0.05) is 17.6 Å². The van der Waals surface area contributed by atoms with Crippen molar-refractivity contribution in [3.05, 3.63) is 28.2 Å². The van der Waals surface area contributed by atoms with Crippen molar-refractivity contribution in [1.82, 2.24) is 0 Å². The minimum Gasteiger partial charge on any atom is -0.478 e. The van der Waals surface area contributed by atoms with Gasteiger partial charge in [0.15, 0.2) is 0 Å². The third-order valence-electron chi connectivity index (χ3n) is 2.89. The summed E-state index contributed by atoms with van der Waals surface area (Å²) in [6.07, 6.45) is 3.53. The molecular formula is C12H14BrNO2. The van der Waals surface area contributed by atoms with Gasteiger partial charge in [0.05, 0.1) is 11.3 Å². The average Bonchev–Trinajstić information content (AvgIpc) is 2.29. The fourth-order valence-corrected chi connectivity index (χ4v) is 2.43. The number of anilines is 1. The number of benzene rings is 1. The molecule has 3 nitrogen and oxygen atoms in total. The van der Waals surface area contributed by atoms with Crippen LogP contribution in [0.1, 0.15) is 29.6 Å². The highest BCUT2D eigenvalue weighted by atomic mass is 79.9. The molecule has 16 heavy (non-hydrogen) atoms. The maximum atomic E-state index is 11.1. The van der Waals surface area contributed by atoms with Crippen LogP contribution in [-0.2, 0) is 0 Å². The molecule has 1 saturated heterocycles. The van der Waals surface area contributed by atoms with E-state index in [-0.39, 0.29) is 0 Å². The van der Waals surface area contributed by atoms with E-state index >= 15 is 0 Å². The van der Waals surface area contributed by atoms with Crippen molar-refractivity contribution in [2.24, 2.45) is 0 Å². The monoisotopic (exact) mass is 283 g/mol. The number of carboxylic acids is 1. The minimum absolute atomic E-state index is 0.394. The molecule has 0 atom stereocenters. The first-order valence-corrected chi connectivity index (χ1v) is 6.25. The van der Waals surface area contributed by atoms with Crippen LogP contribution in [0.4, 0.5) is 5.69 Å². The van der Waals surface area contributed by atoms with Crippen LogP contribution in [0.15, 0.2) is 22.7 Å². The highest BCUT2D eigenvalue weighted by Gasteiger charge is 2.18. The number of piperidine rings is 1. The molecule has 0 saturated carbocycles. The molecule has 2 rings (SSSR count). The summed E-state index contributed by atoms with van der Waals surface area (Å²) in [6.45, 7) is 1.91. The van der Waals surface area contributed by atoms with E-state index in [1.807, 2.05) is 6.07 Å². The summed E-state index contributed by atoms with van der Waals surface area (Å²) < 4.78 is 0.929. The van der Waals surface area contributed by atoms with E-state index in [0.29, 0.717) is 5.56 Å². The van der Waals surface area contributed by atoms with Gasteiger partial charge >= 0.3 is 5.97 Å². The minimum atomic E-state index is -0.854. The van der Waals surface area contributed by atoms with E-state index in [4.69, 9.17) is 5.11 Å². The smallest absolute Gasteiger partial charge is 0.337 e. The van der Waals surface area contributed by atoms with Crippen molar-refractivity contribution >= 4 is 27.6 Å². The largest absolute Gasteiger partial charge is 0.478 e. The maximum absolute atomic E-state index is 11.1. The Morgan fingerprint density at radius 2 is 1.94 bits per heavy atom. The Kier molecular flexibility index (Phi) is 3.49. The molecule has 0 amide bonds. The van der Waals surface area contributed by atoms with Gasteiger partial charge in [-0.05, 0) is 37.5 Å². The molecule has 0 aromatic heterocycles.